The largest absolute Gasteiger partial charge is 0.489 e. The van der Waals surface area contributed by atoms with E-state index < -0.39 is 47.7 Å². The monoisotopic (exact) mass is 1200 g/mol. The summed E-state index contributed by atoms with van der Waals surface area (Å²) < 4.78 is 45.5. The molecule has 7 N–H and O–H groups in total. The number of primary amides is 1. The number of nitrogens with two attached hydrogens (primary N) is 1. The lowest BCUT2D eigenvalue weighted by Gasteiger charge is -2.40. The molecule has 2 fully saturated rings. The lowest BCUT2D eigenvalue weighted by molar-refractivity contribution is -0.132. The number of carbonyl (C=O) groups is 5. The number of halogens is 1. The molecule has 5 aromatic rings. The van der Waals surface area contributed by atoms with Crippen molar-refractivity contribution >= 4 is 52.1 Å². The Kier molecular flexibility index (Phi) is 25.9. The second-order valence-corrected chi connectivity index (χ2v) is 21.9. The number of aryl methyl sites for hydroxylation is 2. The third-order valence-electron chi connectivity index (χ3n) is 14.7. The number of hydrogen-bond donors (Lipinski definition) is 6. The number of benzene rings is 2. The van der Waals surface area contributed by atoms with Crippen LogP contribution in [-0.2, 0) is 53.0 Å². The van der Waals surface area contributed by atoms with Crippen LogP contribution in [0.1, 0.15) is 92.9 Å². The first-order chi connectivity index (χ1) is 42.0. The van der Waals surface area contributed by atoms with Gasteiger partial charge in [-0.25, -0.2) is 14.0 Å². The van der Waals surface area contributed by atoms with Gasteiger partial charge in [0.2, 0.25) is 17.7 Å². The third kappa shape index (κ3) is 21.5. The highest BCUT2D eigenvalue weighted by Gasteiger charge is 2.32. The van der Waals surface area contributed by atoms with Crippen molar-refractivity contribution in [2.24, 2.45) is 16.8 Å². The Morgan fingerprint density at radius 1 is 0.851 bits per heavy atom. The summed E-state index contributed by atoms with van der Waals surface area (Å²) in [4.78, 5) is 95.0. The number of rotatable bonds is 35. The number of carbonyl (C=O) groups excluding carboxylic acids is 5. The van der Waals surface area contributed by atoms with E-state index in [0.717, 1.165) is 61.4 Å². The molecule has 6 amide bonds. The van der Waals surface area contributed by atoms with Gasteiger partial charge in [0.25, 0.3) is 0 Å². The standard InChI is InChI=1S/C61H81FN14O11/c1-40(2)56(72-55(77)18-24-83-27-29-85-30-28-84-25-22-69-73-64)59(80)71-52(8-5-19-66-60(63)81)58(79)70-46-12-10-43(11-13-46)39-87-61(82)67-21-26-86-54-33-53-50(32-51(54)62)57(78)45(37-76(53)47-15-16-47)36-75(35-44-17-20-65-42(4)31-44)49-7-6-23-74(38-49)48-14-9-41(3)68-34-48/h9-14,17,20,31-34,37,40,47,49,52,56H,5-8,15-16,18-19,21-30,35-36,38-39H2,1-4H3,(H,67,82)(H,70,79)(H,71,80)(H,72,77)(H3,63,66,81)/t49-,52?,56?/m0/s1. The molecular weight excluding hydrogens is 1120 g/mol. The van der Waals surface area contributed by atoms with Crippen LogP contribution in [0.2, 0.25) is 0 Å². The minimum atomic E-state index is -1.07. The number of pyridine rings is 3. The molecule has 25 nitrogen and oxygen atoms in total. The van der Waals surface area contributed by atoms with E-state index in [2.05, 4.69) is 73.1 Å². The zero-order chi connectivity index (χ0) is 62.1. The summed E-state index contributed by atoms with van der Waals surface area (Å²) >= 11 is 0. The molecule has 1 saturated carbocycles. The van der Waals surface area contributed by atoms with Gasteiger partial charge in [-0.3, -0.25) is 34.0 Å². The number of azide groups is 1. The van der Waals surface area contributed by atoms with Gasteiger partial charge >= 0.3 is 12.1 Å². The molecule has 1 aliphatic carbocycles. The number of hydrogen-bond acceptors (Lipinski definition) is 16. The smallest absolute Gasteiger partial charge is 0.407 e. The van der Waals surface area contributed by atoms with Gasteiger partial charge in [0.1, 0.15) is 25.3 Å². The van der Waals surface area contributed by atoms with E-state index in [9.17, 15) is 28.8 Å². The molecule has 468 valence electrons. The van der Waals surface area contributed by atoms with Crippen molar-refractivity contribution in [2.75, 3.05) is 89.2 Å². The average Bonchev–Trinajstić information content (AvgIpc) is 2.37. The van der Waals surface area contributed by atoms with Gasteiger partial charge in [-0.2, -0.15) is 0 Å². The van der Waals surface area contributed by atoms with Crippen LogP contribution in [0, 0.1) is 25.6 Å². The zero-order valence-corrected chi connectivity index (χ0v) is 50.0. The molecule has 1 saturated heterocycles. The van der Waals surface area contributed by atoms with E-state index >= 15 is 4.39 Å². The van der Waals surface area contributed by atoms with Crippen LogP contribution >= 0.6 is 0 Å². The number of urea groups is 1. The van der Waals surface area contributed by atoms with Crippen molar-refractivity contribution in [2.45, 2.75) is 117 Å². The van der Waals surface area contributed by atoms with Crippen LogP contribution in [0.3, 0.4) is 0 Å². The van der Waals surface area contributed by atoms with Gasteiger partial charge in [-0.1, -0.05) is 31.1 Å². The maximum Gasteiger partial charge on any atom is 0.407 e. The molecule has 2 unspecified atom stereocenters. The van der Waals surface area contributed by atoms with Crippen molar-refractivity contribution < 1.29 is 52.0 Å². The SMILES string of the molecule is Cc1ccc(N2CCC[C@H](N(Cc3ccnc(C)c3)Cc3cn(C4CC4)c4cc(OCCNC(=O)OCc5ccc(NC(=O)C(CCCNC(N)=O)NC(=O)C(NC(=O)CCOCCOCCOCCN=[N+]=[N-])C(C)C)cc5)c(F)cc4c3=O)C2)cn1. The molecule has 7 rings (SSSR count). The minimum absolute atomic E-state index is 0.0178. The predicted octanol–water partition coefficient (Wildman–Crippen LogP) is 6.62. The lowest BCUT2D eigenvalue weighted by atomic mass is 10.0. The fourth-order valence-corrected chi connectivity index (χ4v) is 10.0. The molecular formula is C61H81FN14O11. The van der Waals surface area contributed by atoms with E-state index in [0.29, 0.717) is 55.2 Å². The first-order valence-electron chi connectivity index (χ1n) is 29.6. The van der Waals surface area contributed by atoms with E-state index in [-0.39, 0.29) is 106 Å². The quantitative estimate of drug-likeness (QED) is 0.0107. The third-order valence-corrected chi connectivity index (χ3v) is 14.7. The number of alkyl carbamates (subject to hydrolysis) is 1. The Balaban J connectivity index is 0.880. The number of amides is 6. The number of fused-ring (bicyclic) bond motifs is 1. The van der Waals surface area contributed by atoms with Crippen LogP contribution in [0.15, 0.2) is 89.2 Å². The first kappa shape index (κ1) is 66.1. The Bertz CT molecular complexity index is 3200. The summed E-state index contributed by atoms with van der Waals surface area (Å²) in [7, 11) is 0. The summed E-state index contributed by atoms with van der Waals surface area (Å²) in [5.74, 6) is -2.68. The van der Waals surface area contributed by atoms with Crippen molar-refractivity contribution in [1.29, 1.82) is 0 Å². The van der Waals surface area contributed by atoms with Gasteiger partial charge < -0.3 is 65.5 Å². The van der Waals surface area contributed by atoms with Crippen LogP contribution in [0.4, 0.5) is 25.4 Å². The summed E-state index contributed by atoms with van der Waals surface area (Å²) in [5.41, 5.74) is 19.4. The summed E-state index contributed by atoms with van der Waals surface area (Å²) in [5, 5.41) is 17.0. The number of anilines is 2. The highest BCUT2D eigenvalue weighted by molar-refractivity contribution is 5.98. The van der Waals surface area contributed by atoms with Gasteiger partial charge in [0.05, 0.1) is 63.6 Å². The van der Waals surface area contributed by atoms with Crippen molar-refractivity contribution in [3.05, 3.63) is 134 Å². The minimum Gasteiger partial charge on any atom is -0.489 e. The van der Waals surface area contributed by atoms with Crippen LogP contribution in [0.5, 0.6) is 5.75 Å². The average molecular weight is 1210 g/mol. The fraction of sp³-hybridized carbons (Fsp3) is 0.508. The second-order valence-electron chi connectivity index (χ2n) is 21.9. The number of aromatic nitrogens is 3. The molecule has 0 bridgehead atoms. The molecule has 87 heavy (non-hydrogen) atoms. The van der Waals surface area contributed by atoms with Crippen molar-refractivity contribution in [1.82, 2.24) is 40.7 Å². The fourth-order valence-electron chi connectivity index (χ4n) is 10.0. The zero-order valence-electron chi connectivity index (χ0n) is 50.0. The molecule has 26 heteroatoms. The maximum atomic E-state index is 16.0. The lowest BCUT2D eigenvalue weighted by Crippen LogP contribution is -2.54. The molecule has 2 aliphatic rings. The molecule has 4 heterocycles. The first-order valence-corrected chi connectivity index (χ1v) is 29.6. The Hall–Kier alpha value is -8.42. The second kappa shape index (κ2) is 34.1. The van der Waals surface area contributed by atoms with Gasteiger partial charge in [0.15, 0.2) is 17.0 Å². The maximum absolute atomic E-state index is 16.0. The number of nitrogens with zero attached hydrogens (tertiary/aromatic N) is 8. The molecule has 1 aliphatic heterocycles. The van der Waals surface area contributed by atoms with Gasteiger partial charge in [-0.05, 0) is 117 Å². The topological polar surface area (TPSA) is 321 Å². The van der Waals surface area contributed by atoms with E-state index in [4.69, 9.17) is 34.9 Å². The van der Waals surface area contributed by atoms with Gasteiger partial charge in [0, 0.05) is 109 Å². The number of ether oxygens (including phenoxy) is 5. The van der Waals surface area contributed by atoms with Crippen LogP contribution in [-0.4, -0.2) is 146 Å². The Morgan fingerprint density at radius 2 is 1.61 bits per heavy atom. The van der Waals surface area contributed by atoms with E-state index in [1.807, 2.05) is 44.6 Å². The molecule has 3 aromatic heterocycles. The Labute approximate surface area is 505 Å². The molecule has 3 atom stereocenters. The number of nitrogens with one attached hydrogen (secondary N) is 5. The summed E-state index contributed by atoms with van der Waals surface area (Å²) in [6.45, 7) is 11.7. The summed E-state index contributed by atoms with van der Waals surface area (Å²) in [6.07, 6.45) is 9.05. The molecule has 0 radical (unpaired) electrons. The molecule has 0 spiro atoms. The highest BCUT2D eigenvalue weighted by Crippen LogP contribution is 2.38. The van der Waals surface area contributed by atoms with Crippen molar-refractivity contribution in [3.63, 3.8) is 0 Å². The Morgan fingerprint density at radius 3 is 2.31 bits per heavy atom. The van der Waals surface area contributed by atoms with Crippen LogP contribution in [0.25, 0.3) is 21.3 Å². The van der Waals surface area contributed by atoms with Gasteiger partial charge in [-0.15, -0.1) is 0 Å². The molecule has 2 aromatic carbocycles. The van der Waals surface area contributed by atoms with E-state index in [1.54, 1.807) is 44.2 Å². The summed E-state index contributed by atoms with van der Waals surface area (Å²) in [6, 6.07) is 15.0. The van der Waals surface area contributed by atoms with Crippen LogP contribution < -0.4 is 47.4 Å². The van der Waals surface area contributed by atoms with E-state index in [1.165, 1.54) is 6.07 Å². The number of piperidine rings is 1. The predicted molar refractivity (Wildman–Crippen MR) is 324 cm³/mol. The normalized spacial score (nSPS) is 14.7. The van der Waals surface area contributed by atoms with Crippen molar-refractivity contribution in [3.8, 4) is 5.75 Å². The highest BCUT2D eigenvalue weighted by atomic mass is 19.1.